The molecule has 0 aliphatic rings. The van der Waals surface area contributed by atoms with Gasteiger partial charge in [-0.25, -0.2) is 0 Å². The number of carbonyl (C=O) groups excluding carboxylic acids is 1. The zero-order valence-electron chi connectivity index (χ0n) is 10.8. The van der Waals surface area contributed by atoms with Gasteiger partial charge in [0.25, 0.3) is 5.91 Å². The summed E-state index contributed by atoms with van der Waals surface area (Å²) in [5.41, 5.74) is 0.436. The number of nitrogens with zero attached hydrogens (tertiary/aromatic N) is 3. The Morgan fingerprint density at radius 3 is 2.67 bits per heavy atom. The fourth-order valence-corrected chi connectivity index (χ4v) is 1.56. The number of carboxylic acid groups (broad SMARTS) is 1. The Balaban J connectivity index is 2.31. The molecule has 6 nitrogen and oxygen atoms in total. The summed E-state index contributed by atoms with van der Waals surface area (Å²) in [5, 5.41) is 12.7. The number of aryl methyl sites for hydroxylation is 1. The molecular formula is C12H19N3O3. The molecule has 0 bridgehead atoms. The standard InChI is InChI=1S/C12H19N3O3/c1-14(2)12(18)10-7-9-15(13-10)8-5-3-4-6-11(16)17/h7,9H,3-6,8H2,1-2H3,(H,16,17). The Morgan fingerprint density at radius 1 is 1.33 bits per heavy atom. The van der Waals surface area contributed by atoms with Gasteiger partial charge in [-0.05, 0) is 18.9 Å². The SMILES string of the molecule is CN(C)C(=O)c1ccn(CCCCCC(=O)O)n1. The summed E-state index contributed by atoms with van der Waals surface area (Å²) in [4.78, 5) is 23.4. The third-order valence-electron chi connectivity index (χ3n) is 2.54. The van der Waals surface area contributed by atoms with Crippen LogP contribution in [0, 0.1) is 0 Å². The lowest BCUT2D eigenvalue weighted by Crippen LogP contribution is -2.22. The van der Waals surface area contributed by atoms with Gasteiger partial charge in [-0.3, -0.25) is 14.3 Å². The first-order valence-electron chi connectivity index (χ1n) is 5.97. The van der Waals surface area contributed by atoms with Crippen molar-refractivity contribution in [2.45, 2.75) is 32.2 Å². The molecular weight excluding hydrogens is 234 g/mol. The number of rotatable bonds is 7. The van der Waals surface area contributed by atoms with E-state index in [1.165, 1.54) is 4.90 Å². The molecule has 0 aliphatic heterocycles. The highest BCUT2D eigenvalue weighted by Crippen LogP contribution is 2.04. The van der Waals surface area contributed by atoms with Gasteiger partial charge in [-0.15, -0.1) is 0 Å². The summed E-state index contributed by atoms with van der Waals surface area (Å²) in [6.07, 6.45) is 4.38. The van der Waals surface area contributed by atoms with E-state index < -0.39 is 5.97 Å². The smallest absolute Gasteiger partial charge is 0.303 e. The van der Waals surface area contributed by atoms with Gasteiger partial charge < -0.3 is 10.0 Å². The zero-order valence-corrected chi connectivity index (χ0v) is 10.8. The predicted molar refractivity (Wildman–Crippen MR) is 66.3 cm³/mol. The van der Waals surface area contributed by atoms with E-state index in [4.69, 9.17) is 5.11 Å². The van der Waals surface area contributed by atoms with Gasteiger partial charge in [-0.2, -0.15) is 5.10 Å². The van der Waals surface area contributed by atoms with Crippen LogP contribution in [-0.4, -0.2) is 45.8 Å². The Hall–Kier alpha value is -1.85. The second-order valence-corrected chi connectivity index (χ2v) is 4.37. The normalized spacial score (nSPS) is 10.3. The minimum atomic E-state index is -0.757. The molecule has 0 spiro atoms. The lowest BCUT2D eigenvalue weighted by Gasteiger charge is -2.06. The molecule has 0 saturated heterocycles. The van der Waals surface area contributed by atoms with Gasteiger partial charge >= 0.3 is 5.97 Å². The van der Waals surface area contributed by atoms with E-state index in [1.807, 2.05) is 0 Å². The van der Waals surface area contributed by atoms with E-state index in [9.17, 15) is 9.59 Å². The van der Waals surface area contributed by atoms with Crippen LogP contribution in [0.1, 0.15) is 36.2 Å². The number of amides is 1. The van der Waals surface area contributed by atoms with E-state index >= 15 is 0 Å². The van der Waals surface area contributed by atoms with Crippen LogP contribution in [0.2, 0.25) is 0 Å². The molecule has 6 heteroatoms. The maximum atomic E-state index is 11.6. The quantitative estimate of drug-likeness (QED) is 0.741. The van der Waals surface area contributed by atoms with Crippen molar-refractivity contribution in [2.75, 3.05) is 14.1 Å². The van der Waals surface area contributed by atoms with E-state index in [1.54, 1.807) is 31.0 Å². The average Bonchev–Trinajstić information content (AvgIpc) is 2.75. The van der Waals surface area contributed by atoms with Crippen molar-refractivity contribution in [3.63, 3.8) is 0 Å². The molecule has 1 heterocycles. The van der Waals surface area contributed by atoms with Crippen LogP contribution in [0.4, 0.5) is 0 Å². The molecule has 0 saturated carbocycles. The monoisotopic (exact) mass is 253 g/mol. The van der Waals surface area contributed by atoms with Crippen molar-refractivity contribution < 1.29 is 14.7 Å². The van der Waals surface area contributed by atoms with Crippen molar-refractivity contribution >= 4 is 11.9 Å². The Kier molecular flexibility index (Phi) is 5.35. The molecule has 0 radical (unpaired) electrons. The second-order valence-electron chi connectivity index (χ2n) is 4.37. The summed E-state index contributed by atoms with van der Waals surface area (Å²) in [6, 6.07) is 1.69. The fourth-order valence-electron chi connectivity index (χ4n) is 1.56. The first kappa shape index (κ1) is 14.2. The summed E-state index contributed by atoms with van der Waals surface area (Å²) < 4.78 is 1.72. The maximum Gasteiger partial charge on any atom is 0.303 e. The average molecular weight is 253 g/mol. The predicted octanol–water partition coefficient (Wildman–Crippen LogP) is 1.23. The zero-order chi connectivity index (χ0) is 13.5. The molecule has 1 aromatic heterocycles. The van der Waals surface area contributed by atoms with Gasteiger partial charge in [0.05, 0.1) is 0 Å². The number of aliphatic carboxylic acids is 1. The van der Waals surface area contributed by atoms with Crippen LogP contribution in [0.25, 0.3) is 0 Å². The maximum absolute atomic E-state index is 11.6. The molecule has 18 heavy (non-hydrogen) atoms. The number of hydrogen-bond acceptors (Lipinski definition) is 3. The minimum Gasteiger partial charge on any atom is -0.481 e. The lowest BCUT2D eigenvalue weighted by molar-refractivity contribution is -0.137. The van der Waals surface area contributed by atoms with E-state index in [-0.39, 0.29) is 12.3 Å². The number of carboxylic acids is 1. The molecule has 1 aromatic rings. The van der Waals surface area contributed by atoms with Crippen LogP contribution in [0.15, 0.2) is 12.3 Å². The topological polar surface area (TPSA) is 75.4 Å². The van der Waals surface area contributed by atoms with Crippen molar-refractivity contribution in [3.05, 3.63) is 18.0 Å². The molecule has 0 unspecified atom stereocenters. The van der Waals surface area contributed by atoms with Crippen LogP contribution in [0.5, 0.6) is 0 Å². The van der Waals surface area contributed by atoms with Gasteiger partial charge in [0, 0.05) is 33.3 Å². The molecule has 1 rings (SSSR count). The van der Waals surface area contributed by atoms with Gasteiger partial charge in [-0.1, -0.05) is 6.42 Å². The molecule has 0 fully saturated rings. The number of unbranched alkanes of at least 4 members (excludes halogenated alkanes) is 2. The van der Waals surface area contributed by atoms with Crippen molar-refractivity contribution in [3.8, 4) is 0 Å². The summed E-state index contributed by atoms with van der Waals surface area (Å²) in [7, 11) is 3.38. The molecule has 1 N–H and O–H groups in total. The van der Waals surface area contributed by atoms with Crippen LogP contribution in [-0.2, 0) is 11.3 Å². The molecule has 1 amide bonds. The first-order valence-corrected chi connectivity index (χ1v) is 5.97. The second kappa shape index (κ2) is 6.78. The van der Waals surface area contributed by atoms with Crippen molar-refractivity contribution in [2.24, 2.45) is 0 Å². The fraction of sp³-hybridized carbons (Fsp3) is 0.583. The molecule has 0 aliphatic carbocycles. The van der Waals surface area contributed by atoms with E-state index in [0.717, 1.165) is 12.8 Å². The van der Waals surface area contributed by atoms with Crippen LogP contribution >= 0.6 is 0 Å². The van der Waals surface area contributed by atoms with E-state index in [0.29, 0.717) is 18.7 Å². The van der Waals surface area contributed by atoms with Crippen molar-refractivity contribution in [1.29, 1.82) is 0 Å². The number of aromatic nitrogens is 2. The minimum absolute atomic E-state index is 0.111. The Morgan fingerprint density at radius 2 is 2.06 bits per heavy atom. The van der Waals surface area contributed by atoms with Gasteiger partial charge in [0.1, 0.15) is 5.69 Å². The number of hydrogen-bond donors (Lipinski definition) is 1. The third-order valence-corrected chi connectivity index (χ3v) is 2.54. The Bertz CT molecular complexity index is 412. The molecule has 0 aromatic carbocycles. The molecule has 0 atom stereocenters. The summed E-state index contributed by atoms with van der Waals surface area (Å²) in [6.45, 7) is 0.709. The highest BCUT2D eigenvalue weighted by molar-refractivity contribution is 5.91. The number of carbonyl (C=O) groups is 2. The highest BCUT2D eigenvalue weighted by atomic mass is 16.4. The molecule has 100 valence electrons. The third kappa shape index (κ3) is 4.57. The van der Waals surface area contributed by atoms with Crippen molar-refractivity contribution in [1.82, 2.24) is 14.7 Å². The largest absolute Gasteiger partial charge is 0.481 e. The van der Waals surface area contributed by atoms with Crippen LogP contribution < -0.4 is 0 Å². The summed E-state index contributed by atoms with van der Waals surface area (Å²) in [5.74, 6) is -0.868. The van der Waals surface area contributed by atoms with Gasteiger partial charge in [0.2, 0.25) is 0 Å². The van der Waals surface area contributed by atoms with E-state index in [2.05, 4.69) is 5.10 Å². The van der Waals surface area contributed by atoms with Gasteiger partial charge in [0.15, 0.2) is 0 Å². The highest BCUT2D eigenvalue weighted by Gasteiger charge is 2.10. The summed E-state index contributed by atoms with van der Waals surface area (Å²) >= 11 is 0. The van der Waals surface area contributed by atoms with Crippen LogP contribution in [0.3, 0.4) is 0 Å². The first-order chi connectivity index (χ1) is 8.50. The lowest BCUT2D eigenvalue weighted by atomic mass is 10.2. The Labute approximate surface area is 106 Å².